The minimum atomic E-state index is 0.148. The number of benzene rings is 2. The Balaban J connectivity index is 1.75. The van der Waals surface area contributed by atoms with Crippen LogP contribution in [0.3, 0.4) is 0 Å². The second-order valence-electron chi connectivity index (χ2n) is 6.45. The molecule has 2 aromatic heterocycles. The lowest BCUT2D eigenvalue weighted by Gasteiger charge is -2.15. The summed E-state index contributed by atoms with van der Waals surface area (Å²) < 4.78 is 2.08. The standard InChI is InChI=1S/C21H21N5/c1-14(15-6-4-3-5-7-15)25-20-18-12-19(16-8-10-17(22)11-9-16)26(2)21(18)24-13-23-20/h3-14H,22H2,1-2H3,(H,23,24,25)/t14-/m1/s1. The SMILES string of the molecule is C[C@@H](Nc1ncnc2c1cc(-c1ccc(N)cc1)n2C)c1ccccc1. The van der Waals surface area contributed by atoms with Crippen molar-refractivity contribution in [3.63, 3.8) is 0 Å². The smallest absolute Gasteiger partial charge is 0.145 e. The first kappa shape index (κ1) is 16.1. The summed E-state index contributed by atoms with van der Waals surface area (Å²) in [6.45, 7) is 2.13. The van der Waals surface area contributed by atoms with Crippen LogP contribution >= 0.6 is 0 Å². The van der Waals surface area contributed by atoms with Crippen molar-refractivity contribution in [1.29, 1.82) is 0 Å². The largest absolute Gasteiger partial charge is 0.399 e. The van der Waals surface area contributed by atoms with Gasteiger partial charge in [-0.1, -0.05) is 42.5 Å². The molecule has 0 unspecified atom stereocenters. The van der Waals surface area contributed by atoms with E-state index in [0.717, 1.165) is 33.8 Å². The Kier molecular flexibility index (Phi) is 4.05. The summed E-state index contributed by atoms with van der Waals surface area (Å²) >= 11 is 0. The highest BCUT2D eigenvalue weighted by molar-refractivity contribution is 5.92. The summed E-state index contributed by atoms with van der Waals surface area (Å²) in [5.41, 5.74) is 10.9. The molecule has 1 atom stereocenters. The van der Waals surface area contributed by atoms with E-state index in [1.54, 1.807) is 6.33 Å². The molecule has 2 aromatic carbocycles. The van der Waals surface area contributed by atoms with Gasteiger partial charge in [-0.25, -0.2) is 9.97 Å². The van der Waals surface area contributed by atoms with Crippen molar-refractivity contribution in [3.05, 3.63) is 72.6 Å². The fraction of sp³-hybridized carbons (Fsp3) is 0.143. The fourth-order valence-electron chi connectivity index (χ4n) is 3.21. The number of aromatic nitrogens is 3. The molecule has 0 aliphatic carbocycles. The van der Waals surface area contributed by atoms with Gasteiger partial charge in [-0.05, 0) is 36.2 Å². The summed E-state index contributed by atoms with van der Waals surface area (Å²) in [6.07, 6.45) is 1.61. The van der Waals surface area contributed by atoms with Crippen molar-refractivity contribution in [2.24, 2.45) is 7.05 Å². The van der Waals surface area contributed by atoms with Crippen LogP contribution in [0.15, 0.2) is 67.0 Å². The Hall–Kier alpha value is -3.34. The number of rotatable bonds is 4. The minimum absolute atomic E-state index is 0.148. The lowest BCUT2D eigenvalue weighted by atomic mass is 10.1. The predicted molar refractivity (Wildman–Crippen MR) is 107 cm³/mol. The molecule has 0 radical (unpaired) electrons. The summed E-state index contributed by atoms with van der Waals surface area (Å²) in [5, 5.41) is 4.52. The zero-order valence-corrected chi connectivity index (χ0v) is 14.8. The molecule has 2 heterocycles. The van der Waals surface area contributed by atoms with Crippen LogP contribution in [0.25, 0.3) is 22.3 Å². The van der Waals surface area contributed by atoms with Crippen LogP contribution < -0.4 is 11.1 Å². The number of anilines is 2. The topological polar surface area (TPSA) is 68.8 Å². The van der Waals surface area contributed by atoms with Crippen LogP contribution in [0.2, 0.25) is 0 Å². The normalized spacial score (nSPS) is 12.2. The van der Waals surface area contributed by atoms with Crippen molar-refractivity contribution < 1.29 is 0 Å². The highest BCUT2D eigenvalue weighted by Gasteiger charge is 2.15. The first-order valence-electron chi connectivity index (χ1n) is 8.61. The number of nitrogens with zero attached hydrogens (tertiary/aromatic N) is 3. The predicted octanol–water partition coefficient (Wildman–Crippen LogP) is 4.39. The molecule has 130 valence electrons. The molecule has 0 saturated carbocycles. The second kappa shape index (κ2) is 6.52. The first-order chi connectivity index (χ1) is 12.6. The molecule has 0 saturated heterocycles. The van der Waals surface area contributed by atoms with Crippen LogP contribution in [0.5, 0.6) is 0 Å². The van der Waals surface area contributed by atoms with Crippen LogP contribution in [0.4, 0.5) is 11.5 Å². The lowest BCUT2D eigenvalue weighted by molar-refractivity contribution is 0.874. The van der Waals surface area contributed by atoms with Gasteiger partial charge in [0.25, 0.3) is 0 Å². The Morgan fingerprint density at radius 3 is 2.46 bits per heavy atom. The Labute approximate surface area is 152 Å². The number of hydrogen-bond acceptors (Lipinski definition) is 4. The quantitative estimate of drug-likeness (QED) is 0.539. The van der Waals surface area contributed by atoms with Gasteiger partial charge in [0.15, 0.2) is 0 Å². The molecule has 0 spiro atoms. The number of nitrogens with two attached hydrogens (primary N) is 1. The van der Waals surface area contributed by atoms with Gasteiger partial charge in [0.2, 0.25) is 0 Å². The number of nitrogens with one attached hydrogen (secondary N) is 1. The van der Waals surface area contributed by atoms with E-state index < -0.39 is 0 Å². The molecule has 0 amide bonds. The number of aryl methyl sites for hydroxylation is 1. The summed E-state index contributed by atoms with van der Waals surface area (Å²) in [5.74, 6) is 0.837. The van der Waals surface area contributed by atoms with Crippen molar-refractivity contribution in [3.8, 4) is 11.3 Å². The van der Waals surface area contributed by atoms with E-state index in [9.17, 15) is 0 Å². The number of hydrogen-bond donors (Lipinski definition) is 2. The molecule has 26 heavy (non-hydrogen) atoms. The lowest BCUT2D eigenvalue weighted by Crippen LogP contribution is -2.08. The molecule has 0 bridgehead atoms. The molecule has 0 aliphatic rings. The van der Waals surface area contributed by atoms with Crippen molar-refractivity contribution >= 4 is 22.5 Å². The van der Waals surface area contributed by atoms with Gasteiger partial charge < -0.3 is 15.6 Å². The third-order valence-electron chi connectivity index (χ3n) is 4.68. The Morgan fingerprint density at radius 1 is 1.00 bits per heavy atom. The molecule has 5 heteroatoms. The first-order valence-corrected chi connectivity index (χ1v) is 8.61. The molecule has 5 nitrogen and oxygen atoms in total. The second-order valence-corrected chi connectivity index (χ2v) is 6.45. The van der Waals surface area contributed by atoms with Crippen LogP contribution in [-0.4, -0.2) is 14.5 Å². The van der Waals surface area contributed by atoms with Crippen molar-refractivity contribution in [2.45, 2.75) is 13.0 Å². The van der Waals surface area contributed by atoms with E-state index in [1.165, 1.54) is 5.56 Å². The highest BCUT2D eigenvalue weighted by atomic mass is 15.1. The summed E-state index contributed by atoms with van der Waals surface area (Å²) in [4.78, 5) is 8.95. The third kappa shape index (κ3) is 2.88. The zero-order valence-electron chi connectivity index (χ0n) is 14.8. The van der Waals surface area contributed by atoms with Gasteiger partial charge in [0.1, 0.15) is 17.8 Å². The molecule has 4 aromatic rings. The maximum atomic E-state index is 5.81. The zero-order chi connectivity index (χ0) is 18.1. The Bertz CT molecular complexity index is 1040. The van der Waals surface area contributed by atoms with E-state index in [-0.39, 0.29) is 6.04 Å². The van der Waals surface area contributed by atoms with Gasteiger partial charge in [-0.2, -0.15) is 0 Å². The molecule has 0 fully saturated rings. The van der Waals surface area contributed by atoms with E-state index >= 15 is 0 Å². The molecule has 0 aliphatic heterocycles. The number of nitrogen functional groups attached to an aromatic ring is 1. The maximum Gasteiger partial charge on any atom is 0.145 e. The van der Waals surface area contributed by atoms with Gasteiger partial charge in [0.05, 0.1) is 11.1 Å². The maximum absolute atomic E-state index is 5.81. The number of fused-ring (bicyclic) bond motifs is 1. The van der Waals surface area contributed by atoms with Gasteiger partial charge in [-0.15, -0.1) is 0 Å². The van der Waals surface area contributed by atoms with E-state index in [1.807, 2.05) is 49.5 Å². The van der Waals surface area contributed by atoms with Crippen LogP contribution in [0.1, 0.15) is 18.5 Å². The average molecular weight is 343 g/mol. The average Bonchev–Trinajstić information content (AvgIpc) is 3.01. The van der Waals surface area contributed by atoms with Gasteiger partial charge >= 0.3 is 0 Å². The van der Waals surface area contributed by atoms with Gasteiger partial charge in [-0.3, -0.25) is 0 Å². The van der Waals surface area contributed by atoms with E-state index in [2.05, 4.69) is 45.0 Å². The van der Waals surface area contributed by atoms with Crippen molar-refractivity contribution in [1.82, 2.24) is 14.5 Å². The molecule has 3 N–H and O–H groups in total. The monoisotopic (exact) mass is 343 g/mol. The summed E-state index contributed by atoms with van der Waals surface area (Å²) in [7, 11) is 2.02. The molecular weight excluding hydrogens is 322 g/mol. The van der Waals surface area contributed by atoms with Crippen molar-refractivity contribution in [2.75, 3.05) is 11.1 Å². The van der Waals surface area contributed by atoms with E-state index in [0.29, 0.717) is 0 Å². The summed E-state index contributed by atoms with van der Waals surface area (Å²) in [6, 6.07) is 20.5. The molecule has 4 rings (SSSR count). The highest BCUT2D eigenvalue weighted by Crippen LogP contribution is 2.31. The third-order valence-corrected chi connectivity index (χ3v) is 4.68. The van der Waals surface area contributed by atoms with E-state index in [4.69, 9.17) is 5.73 Å². The van der Waals surface area contributed by atoms with Crippen LogP contribution in [0, 0.1) is 0 Å². The van der Waals surface area contributed by atoms with Gasteiger partial charge in [0, 0.05) is 18.8 Å². The Morgan fingerprint density at radius 2 is 1.73 bits per heavy atom. The fourth-order valence-corrected chi connectivity index (χ4v) is 3.21. The minimum Gasteiger partial charge on any atom is -0.399 e. The molecular formula is C21H21N5. The van der Waals surface area contributed by atoms with Crippen LogP contribution in [-0.2, 0) is 7.05 Å².